The molecule has 0 aliphatic carbocycles. The highest BCUT2D eigenvalue weighted by Crippen LogP contribution is 2.13. The summed E-state index contributed by atoms with van der Waals surface area (Å²) in [4.78, 5) is 4.09. The summed E-state index contributed by atoms with van der Waals surface area (Å²) in [6, 6.07) is 3.88. The van der Waals surface area contributed by atoms with Crippen molar-refractivity contribution in [1.29, 1.82) is 0 Å². The van der Waals surface area contributed by atoms with Gasteiger partial charge in [-0.05, 0) is 25.5 Å². The van der Waals surface area contributed by atoms with E-state index >= 15 is 0 Å². The van der Waals surface area contributed by atoms with E-state index in [0.29, 0.717) is 12.4 Å². The molecule has 6 nitrogen and oxygen atoms in total. The number of nitrogens with zero attached hydrogens (tertiary/aromatic N) is 3. The average molecular weight is 290 g/mol. The maximum Gasteiger partial charge on any atom is 0.213 e. The van der Waals surface area contributed by atoms with Gasteiger partial charge in [-0.15, -0.1) is 0 Å². The van der Waals surface area contributed by atoms with Crippen molar-refractivity contribution in [1.82, 2.24) is 20.1 Å². The van der Waals surface area contributed by atoms with Gasteiger partial charge >= 0.3 is 0 Å². The smallest absolute Gasteiger partial charge is 0.213 e. The molecule has 0 unspecified atom stereocenters. The molecule has 0 bridgehead atoms. The van der Waals surface area contributed by atoms with Crippen LogP contribution in [0.15, 0.2) is 18.3 Å². The average Bonchev–Trinajstić information content (AvgIpc) is 2.75. The molecule has 0 spiro atoms. The lowest BCUT2D eigenvalue weighted by Crippen LogP contribution is -2.14. The molecule has 114 valence electrons. The van der Waals surface area contributed by atoms with E-state index in [4.69, 9.17) is 9.84 Å². The van der Waals surface area contributed by atoms with E-state index in [0.717, 1.165) is 30.0 Å². The first-order valence-corrected chi connectivity index (χ1v) is 6.99. The van der Waals surface area contributed by atoms with Crippen LogP contribution >= 0.6 is 0 Å². The van der Waals surface area contributed by atoms with Gasteiger partial charge in [-0.3, -0.25) is 4.68 Å². The van der Waals surface area contributed by atoms with Gasteiger partial charge in [-0.2, -0.15) is 5.10 Å². The van der Waals surface area contributed by atoms with Crippen molar-refractivity contribution in [2.75, 3.05) is 13.7 Å². The Kier molecular flexibility index (Phi) is 5.30. The molecule has 6 heteroatoms. The maximum atomic E-state index is 9.02. The Morgan fingerprint density at radius 1 is 1.33 bits per heavy atom. The highest BCUT2D eigenvalue weighted by molar-refractivity contribution is 5.25. The number of aromatic nitrogens is 3. The van der Waals surface area contributed by atoms with Gasteiger partial charge in [0.25, 0.3) is 0 Å². The first-order chi connectivity index (χ1) is 10.2. The first kappa shape index (κ1) is 15.5. The zero-order valence-corrected chi connectivity index (χ0v) is 12.8. The Morgan fingerprint density at radius 3 is 2.86 bits per heavy atom. The van der Waals surface area contributed by atoms with Crippen LogP contribution in [0, 0.1) is 13.8 Å². The minimum absolute atomic E-state index is 0.103. The van der Waals surface area contributed by atoms with Gasteiger partial charge < -0.3 is 15.2 Å². The zero-order chi connectivity index (χ0) is 15.2. The van der Waals surface area contributed by atoms with Gasteiger partial charge in [-0.25, -0.2) is 4.98 Å². The van der Waals surface area contributed by atoms with Crippen molar-refractivity contribution in [3.8, 4) is 5.88 Å². The van der Waals surface area contributed by atoms with Gasteiger partial charge in [0, 0.05) is 36.6 Å². The number of hydrogen-bond donors (Lipinski definition) is 2. The molecule has 2 N–H and O–H groups in total. The summed E-state index contributed by atoms with van der Waals surface area (Å²) < 4.78 is 6.96. The summed E-state index contributed by atoms with van der Waals surface area (Å²) >= 11 is 0. The van der Waals surface area contributed by atoms with Gasteiger partial charge in [0.15, 0.2) is 0 Å². The fraction of sp³-hybridized carbons (Fsp3) is 0.467. The number of methoxy groups -OCH3 is 1. The molecule has 0 amide bonds. The van der Waals surface area contributed by atoms with Crippen LogP contribution in [0.5, 0.6) is 5.88 Å². The normalized spacial score (nSPS) is 10.9. The molecule has 0 aliphatic heterocycles. The van der Waals surface area contributed by atoms with E-state index in [1.54, 1.807) is 13.3 Å². The van der Waals surface area contributed by atoms with Crippen LogP contribution in [0.1, 0.15) is 22.5 Å². The molecule has 2 aromatic heterocycles. The first-order valence-electron chi connectivity index (χ1n) is 6.99. The predicted octanol–water partition coefficient (Wildman–Crippen LogP) is 1.19. The Bertz CT molecular complexity index is 595. The molecular weight excluding hydrogens is 268 g/mol. The third-order valence-electron chi connectivity index (χ3n) is 3.48. The molecule has 21 heavy (non-hydrogen) atoms. The quantitative estimate of drug-likeness (QED) is 0.801. The summed E-state index contributed by atoms with van der Waals surface area (Å²) in [6.07, 6.45) is 1.74. The number of aliphatic hydroxyl groups excluding tert-OH is 1. The molecule has 0 radical (unpaired) electrons. The highest BCUT2D eigenvalue weighted by atomic mass is 16.5. The fourth-order valence-electron chi connectivity index (χ4n) is 2.31. The van der Waals surface area contributed by atoms with E-state index in [-0.39, 0.29) is 6.61 Å². The van der Waals surface area contributed by atoms with Crippen molar-refractivity contribution in [2.24, 2.45) is 0 Å². The maximum absolute atomic E-state index is 9.02. The topological polar surface area (TPSA) is 72.2 Å². The zero-order valence-electron chi connectivity index (χ0n) is 12.8. The van der Waals surface area contributed by atoms with E-state index in [1.807, 2.05) is 30.7 Å². The molecule has 2 heterocycles. The Balaban J connectivity index is 1.97. The minimum Gasteiger partial charge on any atom is -0.481 e. The second-order valence-electron chi connectivity index (χ2n) is 4.91. The number of pyridine rings is 1. The highest BCUT2D eigenvalue weighted by Gasteiger charge is 2.10. The van der Waals surface area contributed by atoms with Crippen LogP contribution in [-0.4, -0.2) is 33.6 Å². The lowest BCUT2D eigenvalue weighted by atomic mass is 10.2. The number of aryl methyl sites for hydroxylation is 1. The van der Waals surface area contributed by atoms with Crippen molar-refractivity contribution in [3.05, 3.63) is 40.8 Å². The summed E-state index contributed by atoms with van der Waals surface area (Å²) in [5.74, 6) is 0.623. The molecule has 2 rings (SSSR count). The van der Waals surface area contributed by atoms with Crippen molar-refractivity contribution in [2.45, 2.75) is 33.5 Å². The van der Waals surface area contributed by atoms with Crippen molar-refractivity contribution < 1.29 is 9.84 Å². The van der Waals surface area contributed by atoms with Crippen LogP contribution < -0.4 is 10.1 Å². The van der Waals surface area contributed by atoms with E-state index in [9.17, 15) is 0 Å². The Morgan fingerprint density at radius 2 is 2.14 bits per heavy atom. The third-order valence-corrected chi connectivity index (χ3v) is 3.48. The van der Waals surface area contributed by atoms with Crippen LogP contribution in [0.4, 0.5) is 0 Å². The minimum atomic E-state index is 0.103. The monoisotopic (exact) mass is 290 g/mol. The SMILES string of the molecule is COc1cc(CNCc2c(C)nn(CCO)c2C)ccn1. The molecule has 2 aromatic rings. The molecule has 0 saturated heterocycles. The van der Waals surface area contributed by atoms with Crippen molar-refractivity contribution >= 4 is 0 Å². The van der Waals surface area contributed by atoms with Gasteiger partial charge in [0.2, 0.25) is 5.88 Å². The molecular formula is C15H22N4O2. The van der Waals surface area contributed by atoms with E-state index < -0.39 is 0 Å². The summed E-state index contributed by atoms with van der Waals surface area (Å²) in [5.41, 5.74) is 4.41. The second-order valence-corrected chi connectivity index (χ2v) is 4.91. The summed E-state index contributed by atoms with van der Waals surface area (Å²) in [6.45, 7) is 6.14. The lowest BCUT2D eigenvalue weighted by Gasteiger charge is -2.07. The number of ether oxygens (including phenoxy) is 1. The van der Waals surface area contributed by atoms with E-state index in [1.165, 1.54) is 5.56 Å². The largest absolute Gasteiger partial charge is 0.481 e. The van der Waals surface area contributed by atoms with Gasteiger partial charge in [-0.1, -0.05) is 0 Å². The standard InChI is InChI=1S/C15H22N4O2/c1-11-14(12(2)19(18-11)6-7-20)10-16-9-13-4-5-17-15(8-13)21-3/h4-5,8,16,20H,6-7,9-10H2,1-3H3. The second kappa shape index (κ2) is 7.19. The number of rotatable bonds is 7. The van der Waals surface area contributed by atoms with Crippen LogP contribution in [0.3, 0.4) is 0 Å². The van der Waals surface area contributed by atoms with E-state index in [2.05, 4.69) is 15.4 Å². The molecule has 0 atom stereocenters. The van der Waals surface area contributed by atoms with Crippen LogP contribution in [0.25, 0.3) is 0 Å². The Hall–Kier alpha value is -1.92. The summed E-state index contributed by atoms with van der Waals surface area (Å²) in [5, 5.41) is 16.9. The molecule has 0 aliphatic rings. The lowest BCUT2D eigenvalue weighted by molar-refractivity contribution is 0.267. The van der Waals surface area contributed by atoms with Crippen LogP contribution in [0.2, 0.25) is 0 Å². The third kappa shape index (κ3) is 3.80. The molecule has 0 aromatic carbocycles. The molecule has 0 saturated carbocycles. The van der Waals surface area contributed by atoms with Crippen LogP contribution in [-0.2, 0) is 19.6 Å². The van der Waals surface area contributed by atoms with Crippen molar-refractivity contribution in [3.63, 3.8) is 0 Å². The van der Waals surface area contributed by atoms with Gasteiger partial charge in [0.05, 0.1) is 26.0 Å². The molecule has 0 fully saturated rings. The number of nitrogens with one attached hydrogen (secondary N) is 1. The number of hydrogen-bond acceptors (Lipinski definition) is 5. The van der Waals surface area contributed by atoms with Gasteiger partial charge in [0.1, 0.15) is 0 Å². The number of aliphatic hydroxyl groups is 1. The summed E-state index contributed by atoms with van der Waals surface area (Å²) in [7, 11) is 1.61. The predicted molar refractivity (Wildman–Crippen MR) is 80.1 cm³/mol. The fourth-order valence-corrected chi connectivity index (χ4v) is 2.31. The Labute approximate surface area is 124 Å².